The van der Waals surface area contributed by atoms with Gasteiger partial charge in [0, 0.05) is 12.6 Å². The SMILES string of the molecule is Cc1ccc(S(=O)(=O)N(CC(=O)N(Cc2ccccc2)C(C)C(=O)NC2CCCC2)c2ccc(Oc3ccccc3)cc2)cc1. The van der Waals surface area contributed by atoms with E-state index in [-0.39, 0.29) is 23.4 Å². The van der Waals surface area contributed by atoms with Crippen molar-refractivity contribution in [3.8, 4) is 11.5 Å². The fourth-order valence-corrected chi connectivity index (χ4v) is 6.84. The van der Waals surface area contributed by atoms with Crippen molar-refractivity contribution in [3.63, 3.8) is 0 Å². The van der Waals surface area contributed by atoms with Crippen LogP contribution in [0.25, 0.3) is 0 Å². The first-order valence-corrected chi connectivity index (χ1v) is 16.7. The van der Waals surface area contributed by atoms with Crippen LogP contribution in [-0.2, 0) is 26.2 Å². The van der Waals surface area contributed by atoms with Gasteiger partial charge in [0.05, 0.1) is 10.6 Å². The molecule has 1 N–H and O–H groups in total. The van der Waals surface area contributed by atoms with Gasteiger partial charge in [0.15, 0.2) is 0 Å². The lowest BCUT2D eigenvalue weighted by molar-refractivity contribution is -0.139. The molecule has 0 heterocycles. The van der Waals surface area contributed by atoms with E-state index in [1.807, 2.05) is 67.6 Å². The van der Waals surface area contributed by atoms with Gasteiger partial charge < -0.3 is 15.0 Å². The third kappa shape index (κ3) is 8.10. The summed E-state index contributed by atoms with van der Waals surface area (Å²) in [6, 6.07) is 31.0. The molecule has 0 radical (unpaired) electrons. The molecule has 4 aromatic rings. The van der Waals surface area contributed by atoms with Crippen molar-refractivity contribution in [2.24, 2.45) is 0 Å². The lowest BCUT2D eigenvalue weighted by atomic mass is 10.1. The van der Waals surface area contributed by atoms with Gasteiger partial charge in [-0.05, 0) is 80.8 Å². The molecule has 1 atom stereocenters. The molecule has 4 aromatic carbocycles. The fourth-order valence-electron chi connectivity index (χ4n) is 5.43. The number of anilines is 1. The molecule has 234 valence electrons. The number of nitrogens with zero attached hydrogens (tertiary/aromatic N) is 2. The number of ether oxygens (including phenoxy) is 1. The highest BCUT2D eigenvalue weighted by Crippen LogP contribution is 2.29. The number of amides is 2. The van der Waals surface area contributed by atoms with Crippen molar-refractivity contribution in [1.82, 2.24) is 10.2 Å². The highest BCUT2D eigenvalue weighted by atomic mass is 32.2. The van der Waals surface area contributed by atoms with Crippen LogP contribution in [0.5, 0.6) is 11.5 Å². The quantitative estimate of drug-likeness (QED) is 0.195. The third-order valence-corrected chi connectivity index (χ3v) is 9.84. The topological polar surface area (TPSA) is 96.0 Å². The lowest BCUT2D eigenvalue weighted by Gasteiger charge is -2.32. The molecule has 5 rings (SSSR count). The number of nitrogens with one attached hydrogen (secondary N) is 1. The molecule has 1 unspecified atom stereocenters. The predicted octanol–water partition coefficient (Wildman–Crippen LogP) is 6.46. The van der Waals surface area contributed by atoms with Crippen molar-refractivity contribution < 1.29 is 22.7 Å². The smallest absolute Gasteiger partial charge is 0.264 e. The molecule has 0 saturated heterocycles. The number of benzene rings is 4. The van der Waals surface area contributed by atoms with Crippen LogP contribution in [0, 0.1) is 6.92 Å². The van der Waals surface area contributed by atoms with Gasteiger partial charge in [-0.1, -0.05) is 79.1 Å². The van der Waals surface area contributed by atoms with Crippen LogP contribution >= 0.6 is 0 Å². The number of hydrogen-bond acceptors (Lipinski definition) is 5. The monoisotopic (exact) mass is 625 g/mol. The summed E-state index contributed by atoms with van der Waals surface area (Å²) in [4.78, 5) is 29.1. The van der Waals surface area contributed by atoms with Crippen LogP contribution in [0.2, 0.25) is 0 Å². The van der Waals surface area contributed by atoms with Gasteiger partial charge in [-0.15, -0.1) is 0 Å². The summed E-state index contributed by atoms with van der Waals surface area (Å²) in [5, 5.41) is 3.09. The summed E-state index contributed by atoms with van der Waals surface area (Å²) in [6.07, 6.45) is 3.95. The Labute approximate surface area is 265 Å². The Hall–Kier alpha value is -4.63. The molecule has 2 amide bonds. The van der Waals surface area contributed by atoms with E-state index in [0.717, 1.165) is 41.1 Å². The first kappa shape index (κ1) is 31.8. The van der Waals surface area contributed by atoms with E-state index in [9.17, 15) is 18.0 Å². The zero-order valence-corrected chi connectivity index (χ0v) is 26.5. The molecular weight excluding hydrogens is 586 g/mol. The molecular formula is C36H39N3O5S. The van der Waals surface area contributed by atoms with Gasteiger partial charge in [-0.2, -0.15) is 0 Å². The maximum absolute atomic E-state index is 14.2. The normalized spacial score (nSPS) is 14.0. The summed E-state index contributed by atoms with van der Waals surface area (Å²) in [6.45, 7) is 3.23. The molecule has 0 aliphatic heterocycles. The summed E-state index contributed by atoms with van der Waals surface area (Å²) < 4.78 is 35.2. The van der Waals surface area contributed by atoms with E-state index in [1.165, 1.54) is 17.0 Å². The molecule has 0 spiro atoms. The zero-order valence-electron chi connectivity index (χ0n) is 25.6. The van der Waals surface area contributed by atoms with Crippen molar-refractivity contribution in [1.29, 1.82) is 0 Å². The third-order valence-electron chi connectivity index (χ3n) is 8.06. The van der Waals surface area contributed by atoms with Crippen molar-refractivity contribution in [2.45, 2.75) is 63.1 Å². The summed E-state index contributed by atoms with van der Waals surface area (Å²) in [5.41, 5.74) is 2.05. The van der Waals surface area contributed by atoms with Gasteiger partial charge in [-0.3, -0.25) is 13.9 Å². The second-order valence-electron chi connectivity index (χ2n) is 11.4. The number of rotatable bonds is 12. The molecule has 1 aliphatic rings. The van der Waals surface area contributed by atoms with Crippen LogP contribution in [0.4, 0.5) is 5.69 Å². The predicted molar refractivity (Wildman–Crippen MR) is 176 cm³/mol. The van der Waals surface area contributed by atoms with Crippen LogP contribution in [-0.4, -0.2) is 43.8 Å². The zero-order chi connectivity index (χ0) is 31.8. The molecule has 1 fully saturated rings. The summed E-state index contributed by atoms with van der Waals surface area (Å²) >= 11 is 0. The number of carbonyl (C=O) groups excluding carboxylic acids is 2. The number of para-hydroxylation sites is 1. The van der Waals surface area contributed by atoms with Gasteiger partial charge in [0.1, 0.15) is 24.1 Å². The van der Waals surface area contributed by atoms with Crippen LogP contribution in [0.1, 0.15) is 43.7 Å². The molecule has 9 heteroatoms. The van der Waals surface area contributed by atoms with Crippen molar-refractivity contribution in [3.05, 3.63) is 120 Å². The molecule has 45 heavy (non-hydrogen) atoms. The van der Waals surface area contributed by atoms with Gasteiger partial charge in [-0.25, -0.2) is 8.42 Å². The highest BCUT2D eigenvalue weighted by Gasteiger charge is 2.33. The van der Waals surface area contributed by atoms with E-state index in [0.29, 0.717) is 17.2 Å². The van der Waals surface area contributed by atoms with Gasteiger partial charge >= 0.3 is 0 Å². The Morgan fingerprint density at radius 3 is 2.02 bits per heavy atom. The Bertz CT molecular complexity index is 1670. The van der Waals surface area contributed by atoms with Crippen molar-refractivity contribution in [2.75, 3.05) is 10.8 Å². The number of carbonyl (C=O) groups is 2. The standard InChI is InChI=1S/C36H39N3O5S/c1-27-17-23-34(24-18-27)45(42,43)39(31-19-21-33(22-20-31)44-32-15-7-4-8-16-32)26-35(40)38(25-29-11-5-3-6-12-29)28(2)36(41)37-30-13-9-10-14-30/h3-8,11-12,15-24,28,30H,9-10,13-14,25-26H2,1-2H3,(H,37,41). The van der Waals surface area contributed by atoms with Crippen LogP contribution in [0.15, 0.2) is 114 Å². The first-order chi connectivity index (χ1) is 21.7. The highest BCUT2D eigenvalue weighted by molar-refractivity contribution is 7.92. The molecule has 0 aromatic heterocycles. The van der Waals surface area contributed by atoms with E-state index in [2.05, 4.69) is 5.32 Å². The summed E-state index contributed by atoms with van der Waals surface area (Å²) in [7, 11) is -4.16. The minimum absolute atomic E-state index is 0.0622. The Balaban J connectivity index is 1.46. The van der Waals surface area contributed by atoms with Gasteiger partial charge in [0.25, 0.3) is 10.0 Å². The average Bonchev–Trinajstić information content (AvgIpc) is 3.57. The van der Waals surface area contributed by atoms with Gasteiger partial charge in [0.2, 0.25) is 11.8 Å². The number of aryl methyl sites for hydroxylation is 1. The minimum Gasteiger partial charge on any atom is -0.457 e. The average molecular weight is 626 g/mol. The fraction of sp³-hybridized carbons (Fsp3) is 0.278. The second kappa shape index (κ2) is 14.4. The van der Waals surface area contributed by atoms with Crippen LogP contribution in [0.3, 0.4) is 0 Å². The largest absolute Gasteiger partial charge is 0.457 e. The maximum Gasteiger partial charge on any atom is 0.264 e. The molecule has 1 aliphatic carbocycles. The minimum atomic E-state index is -4.16. The lowest BCUT2D eigenvalue weighted by Crippen LogP contribution is -2.52. The molecule has 8 nitrogen and oxygen atoms in total. The Kier molecular flexibility index (Phi) is 10.2. The van der Waals surface area contributed by atoms with E-state index < -0.39 is 28.5 Å². The van der Waals surface area contributed by atoms with E-state index >= 15 is 0 Å². The van der Waals surface area contributed by atoms with Crippen LogP contribution < -0.4 is 14.4 Å². The molecule has 0 bridgehead atoms. The van der Waals surface area contributed by atoms with E-state index in [1.54, 1.807) is 43.3 Å². The summed E-state index contributed by atoms with van der Waals surface area (Å²) in [5.74, 6) is 0.424. The molecule has 1 saturated carbocycles. The van der Waals surface area contributed by atoms with E-state index in [4.69, 9.17) is 4.74 Å². The maximum atomic E-state index is 14.2. The Morgan fingerprint density at radius 2 is 1.40 bits per heavy atom. The number of hydrogen-bond donors (Lipinski definition) is 1. The first-order valence-electron chi connectivity index (χ1n) is 15.3. The number of sulfonamides is 1. The van der Waals surface area contributed by atoms with Crippen molar-refractivity contribution >= 4 is 27.5 Å². The Morgan fingerprint density at radius 1 is 0.822 bits per heavy atom. The second-order valence-corrected chi connectivity index (χ2v) is 13.3.